The van der Waals surface area contributed by atoms with Gasteiger partial charge in [0.2, 0.25) is 5.91 Å². The van der Waals surface area contributed by atoms with Crippen molar-refractivity contribution in [1.29, 1.82) is 0 Å². The fraction of sp³-hybridized carbons (Fsp3) is 0.467. The van der Waals surface area contributed by atoms with Crippen LogP contribution in [-0.2, 0) is 9.59 Å². The van der Waals surface area contributed by atoms with Crippen molar-refractivity contribution in [2.75, 3.05) is 11.4 Å². The van der Waals surface area contributed by atoms with Crippen LogP contribution >= 0.6 is 0 Å². The summed E-state index contributed by atoms with van der Waals surface area (Å²) in [5, 5.41) is 0. The molecule has 2 amide bonds. The van der Waals surface area contributed by atoms with Crippen LogP contribution in [0.4, 0.5) is 14.5 Å². The Bertz CT molecular complexity index is 605. The summed E-state index contributed by atoms with van der Waals surface area (Å²) in [6.07, 6.45) is 2.41. The minimum absolute atomic E-state index is 0.135. The van der Waals surface area contributed by atoms with Crippen molar-refractivity contribution in [3.05, 3.63) is 29.8 Å². The van der Waals surface area contributed by atoms with E-state index in [1.165, 1.54) is 11.0 Å². The summed E-state index contributed by atoms with van der Waals surface area (Å²) in [5.74, 6) is -2.34. The van der Waals surface area contributed by atoms with Gasteiger partial charge in [-0.1, -0.05) is 0 Å². The third-order valence-corrected chi connectivity index (χ3v) is 4.23. The van der Waals surface area contributed by atoms with Crippen molar-refractivity contribution < 1.29 is 18.4 Å². The highest BCUT2D eigenvalue weighted by molar-refractivity contribution is 6.08. The highest BCUT2D eigenvalue weighted by Crippen LogP contribution is 2.30. The number of carbonyl (C=O) groups is 2. The van der Waals surface area contributed by atoms with Crippen LogP contribution in [0.3, 0.4) is 0 Å². The number of halogens is 2. The molecule has 4 nitrogen and oxygen atoms in total. The summed E-state index contributed by atoms with van der Waals surface area (Å²) in [6, 6.07) is 2.10. The molecule has 112 valence electrons. The number of piperazine rings is 1. The second kappa shape index (κ2) is 5.09. The lowest BCUT2D eigenvalue weighted by molar-refractivity contribution is -0.147. The molecular formula is C15H16F2N2O2. The molecule has 1 aromatic rings. The van der Waals surface area contributed by atoms with E-state index in [-0.39, 0.29) is 17.5 Å². The number of benzene rings is 1. The SMILES string of the molecule is CC1C(=O)N2CCCCC2C(=O)N1c1ccc(F)c(F)c1. The maximum absolute atomic E-state index is 13.4. The Morgan fingerprint density at radius 2 is 1.86 bits per heavy atom. The number of rotatable bonds is 1. The fourth-order valence-electron chi connectivity index (χ4n) is 3.14. The Balaban J connectivity index is 1.99. The molecule has 1 aromatic carbocycles. The monoisotopic (exact) mass is 294 g/mol. The average Bonchev–Trinajstić information content (AvgIpc) is 2.49. The van der Waals surface area contributed by atoms with Crippen molar-refractivity contribution in [2.24, 2.45) is 0 Å². The molecule has 2 atom stereocenters. The van der Waals surface area contributed by atoms with E-state index in [0.29, 0.717) is 13.0 Å². The zero-order valence-corrected chi connectivity index (χ0v) is 11.7. The zero-order valence-electron chi connectivity index (χ0n) is 11.7. The predicted molar refractivity (Wildman–Crippen MR) is 72.7 cm³/mol. The van der Waals surface area contributed by atoms with Crippen molar-refractivity contribution >= 4 is 17.5 Å². The summed E-state index contributed by atoms with van der Waals surface area (Å²) in [6.45, 7) is 2.21. The standard InChI is InChI=1S/C15H16F2N2O2/c1-9-14(20)18-7-3-2-4-13(18)15(21)19(9)10-5-6-11(16)12(17)8-10/h5-6,8-9,13H,2-4,7H2,1H3. The van der Waals surface area contributed by atoms with Gasteiger partial charge in [-0.05, 0) is 38.3 Å². The van der Waals surface area contributed by atoms with Gasteiger partial charge in [-0.3, -0.25) is 14.5 Å². The number of hydrogen-bond donors (Lipinski definition) is 0. The van der Waals surface area contributed by atoms with E-state index in [9.17, 15) is 18.4 Å². The quantitative estimate of drug-likeness (QED) is 0.795. The topological polar surface area (TPSA) is 40.6 Å². The minimum atomic E-state index is -1.02. The molecule has 0 spiro atoms. The molecule has 2 fully saturated rings. The lowest BCUT2D eigenvalue weighted by Crippen LogP contribution is -2.65. The van der Waals surface area contributed by atoms with E-state index in [2.05, 4.69) is 0 Å². The smallest absolute Gasteiger partial charge is 0.250 e. The molecule has 21 heavy (non-hydrogen) atoms. The van der Waals surface area contributed by atoms with Crippen LogP contribution in [0.25, 0.3) is 0 Å². The molecule has 2 heterocycles. The lowest BCUT2D eigenvalue weighted by atomic mass is 9.95. The normalized spacial score (nSPS) is 26.0. The highest BCUT2D eigenvalue weighted by atomic mass is 19.2. The fourth-order valence-corrected chi connectivity index (χ4v) is 3.14. The summed E-state index contributed by atoms with van der Waals surface area (Å²) in [5.41, 5.74) is 0.227. The van der Waals surface area contributed by atoms with Gasteiger partial charge < -0.3 is 4.90 Å². The molecule has 0 N–H and O–H groups in total. The van der Waals surface area contributed by atoms with Crippen LogP contribution < -0.4 is 4.90 Å². The van der Waals surface area contributed by atoms with Crippen LogP contribution in [0, 0.1) is 11.6 Å². The van der Waals surface area contributed by atoms with Crippen molar-refractivity contribution in [1.82, 2.24) is 4.90 Å². The van der Waals surface area contributed by atoms with E-state index in [4.69, 9.17) is 0 Å². The van der Waals surface area contributed by atoms with Crippen molar-refractivity contribution in [2.45, 2.75) is 38.3 Å². The summed E-state index contributed by atoms with van der Waals surface area (Å²) in [4.78, 5) is 27.9. The largest absolute Gasteiger partial charge is 0.329 e. The van der Waals surface area contributed by atoms with Gasteiger partial charge in [0.05, 0.1) is 0 Å². The Kier molecular flexibility index (Phi) is 3.39. The molecule has 2 unspecified atom stereocenters. The third-order valence-electron chi connectivity index (χ3n) is 4.23. The highest BCUT2D eigenvalue weighted by Gasteiger charge is 2.45. The van der Waals surface area contributed by atoms with E-state index < -0.39 is 23.7 Å². The average molecular weight is 294 g/mol. The first kappa shape index (κ1) is 14.0. The molecule has 3 rings (SSSR count). The van der Waals surface area contributed by atoms with Gasteiger partial charge in [0.1, 0.15) is 12.1 Å². The molecule has 0 aromatic heterocycles. The molecule has 0 radical (unpaired) electrons. The van der Waals surface area contributed by atoms with Crippen molar-refractivity contribution in [3.63, 3.8) is 0 Å². The Morgan fingerprint density at radius 1 is 1.10 bits per heavy atom. The molecule has 0 aliphatic carbocycles. The van der Waals surface area contributed by atoms with Gasteiger partial charge in [0, 0.05) is 18.3 Å². The maximum atomic E-state index is 13.4. The lowest BCUT2D eigenvalue weighted by Gasteiger charge is -2.46. The van der Waals surface area contributed by atoms with E-state index in [1.54, 1.807) is 11.8 Å². The van der Waals surface area contributed by atoms with E-state index >= 15 is 0 Å². The number of hydrogen-bond acceptors (Lipinski definition) is 2. The molecule has 6 heteroatoms. The van der Waals surface area contributed by atoms with Crippen LogP contribution in [0.1, 0.15) is 26.2 Å². The Morgan fingerprint density at radius 3 is 2.57 bits per heavy atom. The number of amides is 2. The number of fused-ring (bicyclic) bond motifs is 1. The molecule has 2 aliphatic heterocycles. The first-order valence-corrected chi connectivity index (χ1v) is 7.09. The van der Waals surface area contributed by atoms with Crippen LogP contribution in [0.15, 0.2) is 18.2 Å². The summed E-state index contributed by atoms with van der Waals surface area (Å²) < 4.78 is 26.5. The molecule has 2 aliphatic rings. The van der Waals surface area contributed by atoms with Gasteiger partial charge in [-0.15, -0.1) is 0 Å². The van der Waals surface area contributed by atoms with Crippen LogP contribution in [0.2, 0.25) is 0 Å². The van der Waals surface area contributed by atoms with Gasteiger partial charge in [-0.2, -0.15) is 0 Å². The minimum Gasteiger partial charge on any atom is -0.329 e. The molecule has 0 bridgehead atoms. The molecule has 2 saturated heterocycles. The first-order chi connectivity index (χ1) is 10.0. The summed E-state index contributed by atoms with van der Waals surface area (Å²) in [7, 11) is 0. The molecule has 0 saturated carbocycles. The third kappa shape index (κ3) is 2.18. The van der Waals surface area contributed by atoms with Gasteiger partial charge in [-0.25, -0.2) is 8.78 Å². The second-order valence-electron chi connectivity index (χ2n) is 5.53. The number of piperidine rings is 1. The van der Waals surface area contributed by atoms with Crippen molar-refractivity contribution in [3.8, 4) is 0 Å². The van der Waals surface area contributed by atoms with Gasteiger partial charge in [0.15, 0.2) is 11.6 Å². The van der Waals surface area contributed by atoms with E-state index in [0.717, 1.165) is 25.0 Å². The Hall–Kier alpha value is -1.98. The summed E-state index contributed by atoms with van der Waals surface area (Å²) >= 11 is 0. The number of carbonyl (C=O) groups excluding carboxylic acids is 2. The number of nitrogens with zero attached hydrogens (tertiary/aromatic N) is 2. The van der Waals surface area contributed by atoms with E-state index in [1.807, 2.05) is 0 Å². The molecular weight excluding hydrogens is 278 g/mol. The Labute approximate surface area is 121 Å². The second-order valence-corrected chi connectivity index (χ2v) is 5.53. The predicted octanol–water partition coefficient (Wildman–Crippen LogP) is 2.08. The van der Waals surface area contributed by atoms with Crippen LogP contribution in [-0.4, -0.2) is 35.3 Å². The number of anilines is 1. The van der Waals surface area contributed by atoms with Gasteiger partial charge >= 0.3 is 0 Å². The van der Waals surface area contributed by atoms with Gasteiger partial charge in [0.25, 0.3) is 5.91 Å². The first-order valence-electron chi connectivity index (χ1n) is 7.09. The maximum Gasteiger partial charge on any atom is 0.250 e. The zero-order chi connectivity index (χ0) is 15.1. The van der Waals surface area contributed by atoms with Crippen LogP contribution in [0.5, 0.6) is 0 Å².